The van der Waals surface area contributed by atoms with Gasteiger partial charge in [-0.1, -0.05) is 115 Å². The lowest BCUT2D eigenvalue weighted by atomic mass is 9.93. The van der Waals surface area contributed by atoms with Gasteiger partial charge in [-0.3, -0.25) is 4.90 Å². The molecule has 1 aliphatic carbocycles. The molecule has 2 bridgehead atoms. The van der Waals surface area contributed by atoms with Crippen molar-refractivity contribution in [1.82, 2.24) is 4.98 Å². The van der Waals surface area contributed by atoms with Gasteiger partial charge < -0.3 is 8.83 Å². The first-order valence-corrected chi connectivity index (χ1v) is 17.5. The van der Waals surface area contributed by atoms with Crippen molar-refractivity contribution in [3.05, 3.63) is 168 Å². The van der Waals surface area contributed by atoms with E-state index in [1.807, 2.05) is 12.1 Å². The summed E-state index contributed by atoms with van der Waals surface area (Å²) in [6.07, 6.45) is 9.65. The first-order valence-electron chi connectivity index (χ1n) is 17.5. The molecular weight excluding hydrogens is 625 g/mol. The van der Waals surface area contributed by atoms with Crippen molar-refractivity contribution in [1.29, 1.82) is 0 Å². The second kappa shape index (κ2) is 10.9. The normalized spacial score (nSPS) is 15.6. The van der Waals surface area contributed by atoms with Crippen LogP contribution in [0.2, 0.25) is 0 Å². The second-order valence-electron chi connectivity index (χ2n) is 13.5. The zero-order valence-corrected chi connectivity index (χ0v) is 27.6. The van der Waals surface area contributed by atoms with Crippen LogP contribution in [0.15, 0.2) is 161 Å². The molecular formula is C47H30N2O2. The number of furan rings is 2. The van der Waals surface area contributed by atoms with Crippen LogP contribution in [0.1, 0.15) is 17.9 Å². The van der Waals surface area contributed by atoms with E-state index in [-0.39, 0.29) is 5.92 Å². The number of fused-ring (bicyclic) bond motifs is 8. The third kappa shape index (κ3) is 4.36. The van der Waals surface area contributed by atoms with Gasteiger partial charge in [-0.15, -0.1) is 0 Å². The number of benzene rings is 6. The Labute approximate surface area is 293 Å². The molecule has 6 aromatic carbocycles. The first kappa shape index (κ1) is 28.2. The molecule has 0 spiro atoms. The third-order valence-electron chi connectivity index (χ3n) is 10.5. The predicted octanol–water partition coefficient (Wildman–Crippen LogP) is 11.3. The van der Waals surface area contributed by atoms with E-state index in [0.29, 0.717) is 0 Å². The van der Waals surface area contributed by atoms with Crippen LogP contribution < -0.4 is 15.5 Å². The highest BCUT2D eigenvalue weighted by Crippen LogP contribution is 2.46. The lowest BCUT2D eigenvalue weighted by Crippen LogP contribution is -2.21. The SMILES string of the molecule is C1=CC2C/C=c3\c(oc4cccc(c34)N(c3cc(-c4ccc(-c5ccccc5)cc4)c4ccccc4c3)c3nc4c(cc32)oc2ccccc24)=C1. The number of para-hydroxylation sites is 1. The summed E-state index contributed by atoms with van der Waals surface area (Å²) in [6, 6.07) is 49.6. The molecule has 0 amide bonds. The second-order valence-corrected chi connectivity index (χ2v) is 13.5. The molecule has 3 aromatic heterocycles. The van der Waals surface area contributed by atoms with Gasteiger partial charge in [0.05, 0.1) is 11.1 Å². The lowest BCUT2D eigenvalue weighted by Gasteiger charge is -2.29. The van der Waals surface area contributed by atoms with Crippen molar-refractivity contribution < 1.29 is 8.83 Å². The van der Waals surface area contributed by atoms with E-state index in [2.05, 4.69) is 157 Å². The highest BCUT2D eigenvalue weighted by Gasteiger charge is 2.29. The molecule has 0 saturated heterocycles. The Bertz CT molecular complexity index is 3000. The third-order valence-corrected chi connectivity index (χ3v) is 10.5. The summed E-state index contributed by atoms with van der Waals surface area (Å²) < 4.78 is 13.0. The Morgan fingerprint density at radius 1 is 0.627 bits per heavy atom. The molecule has 4 heterocycles. The monoisotopic (exact) mass is 654 g/mol. The minimum atomic E-state index is 0.0710. The van der Waals surface area contributed by atoms with E-state index in [1.54, 1.807) is 0 Å². The molecule has 9 aromatic rings. The number of pyridine rings is 1. The highest BCUT2D eigenvalue weighted by molar-refractivity contribution is 6.06. The zero-order chi connectivity index (χ0) is 33.5. The minimum Gasteiger partial charge on any atom is -0.456 e. The fourth-order valence-electron chi connectivity index (χ4n) is 8.12. The number of rotatable bonds is 3. The molecule has 11 rings (SSSR count). The van der Waals surface area contributed by atoms with E-state index in [0.717, 1.165) is 83.8 Å². The van der Waals surface area contributed by atoms with Gasteiger partial charge in [-0.05, 0) is 88.0 Å². The fraction of sp³-hybridized carbons (Fsp3) is 0.0426. The van der Waals surface area contributed by atoms with Crippen molar-refractivity contribution in [3.8, 4) is 22.3 Å². The Hall–Kier alpha value is -6.65. The van der Waals surface area contributed by atoms with Crippen molar-refractivity contribution in [2.45, 2.75) is 12.3 Å². The van der Waals surface area contributed by atoms with Crippen molar-refractivity contribution in [2.75, 3.05) is 4.90 Å². The Kier molecular flexibility index (Phi) is 6.05. The standard InChI is InChI=1S/C47H30N2O2/c1-2-10-29(11-3-1)30-20-22-32(23-21-30)38-27-34(26-33-12-4-5-14-35(33)38)49-40-16-9-19-43-45(40)36-25-24-31(13-8-18-41(36)50-43)39-28-44-46(48-47(39)49)37-15-6-7-17-42(37)51-44/h1-23,25-28,31H,24H2/b13-8?,36-25+,41-18?. The maximum atomic E-state index is 6.53. The molecule has 0 N–H and O–H groups in total. The summed E-state index contributed by atoms with van der Waals surface area (Å²) in [5.41, 5.74) is 12.1. The topological polar surface area (TPSA) is 42.4 Å². The van der Waals surface area contributed by atoms with E-state index in [4.69, 9.17) is 13.8 Å². The number of aromatic nitrogens is 1. The van der Waals surface area contributed by atoms with E-state index < -0.39 is 0 Å². The van der Waals surface area contributed by atoms with Gasteiger partial charge in [0.2, 0.25) is 0 Å². The number of anilines is 3. The van der Waals surface area contributed by atoms with Crippen LogP contribution in [0.25, 0.3) is 78.2 Å². The molecule has 0 radical (unpaired) electrons. The number of hydrogen-bond donors (Lipinski definition) is 0. The number of nitrogens with zero attached hydrogens (tertiary/aromatic N) is 2. The van der Waals surface area contributed by atoms with Gasteiger partial charge >= 0.3 is 0 Å². The smallest absolute Gasteiger partial charge is 0.154 e. The van der Waals surface area contributed by atoms with Crippen LogP contribution in [0.5, 0.6) is 0 Å². The van der Waals surface area contributed by atoms with Crippen LogP contribution in [0, 0.1) is 0 Å². The first-order chi connectivity index (χ1) is 25.3. The Morgan fingerprint density at radius 2 is 1.39 bits per heavy atom. The van der Waals surface area contributed by atoms with Gasteiger partial charge in [-0.2, -0.15) is 0 Å². The quantitative estimate of drug-likeness (QED) is 0.190. The predicted molar refractivity (Wildman–Crippen MR) is 209 cm³/mol. The van der Waals surface area contributed by atoms with Crippen molar-refractivity contribution in [2.24, 2.45) is 0 Å². The summed E-state index contributed by atoms with van der Waals surface area (Å²) in [6.45, 7) is 0. The Morgan fingerprint density at radius 3 is 2.29 bits per heavy atom. The minimum absolute atomic E-state index is 0.0710. The van der Waals surface area contributed by atoms with E-state index in [1.165, 1.54) is 22.1 Å². The van der Waals surface area contributed by atoms with Crippen molar-refractivity contribution >= 4 is 73.2 Å². The molecule has 51 heavy (non-hydrogen) atoms. The van der Waals surface area contributed by atoms with Crippen LogP contribution in [0.3, 0.4) is 0 Å². The molecule has 240 valence electrons. The number of allylic oxidation sites excluding steroid dienone is 2. The molecule has 4 heteroatoms. The van der Waals surface area contributed by atoms with Crippen LogP contribution in [-0.4, -0.2) is 4.98 Å². The van der Waals surface area contributed by atoms with Crippen LogP contribution in [0.4, 0.5) is 17.2 Å². The maximum absolute atomic E-state index is 6.53. The highest BCUT2D eigenvalue weighted by atomic mass is 16.3. The average molecular weight is 655 g/mol. The largest absolute Gasteiger partial charge is 0.456 e. The molecule has 2 aliphatic rings. The lowest BCUT2D eigenvalue weighted by molar-refractivity contribution is 0.575. The molecule has 1 atom stereocenters. The summed E-state index contributed by atoms with van der Waals surface area (Å²) in [5.74, 6) is 0.962. The summed E-state index contributed by atoms with van der Waals surface area (Å²) in [4.78, 5) is 7.93. The average Bonchev–Trinajstić information content (AvgIpc) is 3.72. The van der Waals surface area contributed by atoms with Crippen molar-refractivity contribution in [3.63, 3.8) is 0 Å². The summed E-state index contributed by atoms with van der Waals surface area (Å²) in [7, 11) is 0. The van der Waals surface area contributed by atoms with Gasteiger partial charge in [0.15, 0.2) is 5.58 Å². The summed E-state index contributed by atoms with van der Waals surface area (Å²) in [5, 5.41) is 5.59. The van der Waals surface area contributed by atoms with E-state index >= 15 is 0 Å². The summed E-state index contributed by atoms with van der Waals surface area (Å²) >= 11 is 0. The fourth-order valence-corrected chi connectivity index (χ4v) is 8.12. The molecule has 1 aliphatic heterocycles. The molecule has 1 unspecified atom stereocenters. The van der Waals surface area contributed by atoms with E-state index in [9.17, 15) is 0 Å². The maximum Gasteiger partial charge on any atom is 0.154 e. The van der Waals surface area contributed by atoms with Gasteiger partial charge in [-0.25, -0.2) is 4.98 Å². The van der Waals surface area contributed by atoms with Crippen LogP contribution in [-0.2, 0) is 0 Å². The Balaban J connectivity index is 1.23. The van der Waals surface area contributed by atoms with Crippen LogP contribution >= 0.6 is 0 Å². The molecule has 0 fully saturated rings. The zero-order valence-electron chi connectivity index (χ0n) is 27.6. The van der Waals surface area contributed by atoms with Gasteiger partial charge in [0.1, 0.15) is 27.9 Å². The van der Waals surface area contributed by atoms with Gasteiger partial charge in [0, 0.05) is 27.8 Å². The molecule has 0 saturated carbocycles. The number of hydrogen-bond acceptors (Lipinski definition) is 4. The molecule has 4 nitrogen and oxygen atoms in total. The van der Waals surface area contributed by atoms with Gasteiger partial charge in [0.25, 0.3) is 0 Å².